The number of rotatable bonds is 2. The van der Waals surface area contributed by atoms with Crippen LogP contribution < -0.4 is 0 Å². The first kappa shape index (κ1) is 13.0. The lowest BCUT2D eigenvalue weighted by atomic mass is 10.0. The van der Waals surface area contributed by atoms with Crippen LogP contribution in [0.3, 0.4) is 0 Å². The molecule has 0 bridgehead atoms. The lowest BCUT2D eigenvalue weighted by molar-refractivity contribution is 0.470. The van der Waals surface area contributed by atoms with E-state index in [0.717, 1.165) is 12.0 Å². The van der Waals surface area contributed by atoms with Gasteiger partial charge in [0.2, 0.25) is 0 Å². The van der Waals surface area contributed by atoms with Gasteiger partial charge in [-0.2, -0.15) is 0 Å². The molecule has 0 aromatic heterocycles. The highest BCUT2D eigenvalue weighted by molar-refractivity contribution is 5.34. The van der Waals surface area contributed by atoms with Gasteiger partial charge in [0.1, 0.15) is 5.75 Å². The van der Waals surface area contributed by atoms with Crippen molar-refractivity contribution in [1.82, 2.24) is 0 Å². The van der Waals surface area contributed by atoms with E-state index in [9.17, 15) is 5.11 Å². The Kier molecular flexibility index (Phi) is 6.02. The summed E-state index contributed by atoms with van der Waals surface area (Å²) in [6.45, 7) is 10.3. The van der Waals surface area contributed by atoms with E-state index in [0.29, 0.717) is 11.7 Å². The number of aromatic hydroxyl groups is 1. The molecule has 0 aliphatic heterocycles. The minimum absolute atomic E-state index is 0.391. The van der Waals surface area contributed by atoms with Crippen molar-refractivity contribution in [2.75, 3.05) is 0 Å². The molecule has 1 aromatic rings. The molecule has 0 saturated carbocycles. The number of aryl methyl sites for hydroxylation is 1. The molecule has 1 aromatic carbocycles. The molecule has 0 aliphatic carbocycles. The standard InChI is InChI=1S/C11H16O.C2H6/c1-8(2)6-10-4-5-11(12)9(3)7-10;1-2/h4-5,7-8,12H,6H2,1-3H3;1-2H3. The fourth-order valence-electron chi connectivity index (χ4n) is 1.32. The molecule has 1 nitrogen and oxygen atoms in total. The monoisotopic (exact) mass is 194 g/mol. The van der Waals surface area contributed by atoms with Crippen LogP contribution in [0.4, 0.5) is 0 Å². The third-order valence-corrected chi connectivity index (χ3v) is 1.91. The van der Waals surface area contributed by atoms with Gasteiger partial charge in [-0.1, -0.05) is 39.8 Å². The Morgan fingerprint density at radius 1 is 1.21 bits per heavy atom. The van der Waals surface area contributed by atoms with Gasteiger partial charge in [-0.05, 0) is 36.5 Å². The Balaban J connectivity index is 0.000000791. The second-order valence-electron chi connectivity index (χ2n) is 3.72. The number of benzene rings is 1. The first-order valence-electron chi connectivity index (χ1n) is 5.38. The average Bonchev–Trinajstić information content (AvgIpc) is 2.14. The number of phenolic OH excluding ortho intramolecular Hbond substituents is 1. The summed E-state index contributed by atoms with van der Waals surface area (Å²) >= 11 is 0. The van der Waals surface area contributed by atoms with Gasteiger partial charge in [0, 0.05) is 0 Å². The highest BCUT2D eigenvalue weighted by Crippen LogP contribution is 2.18. The molecule has 0 amide bonds. The van der Waals surface area contributed by atoms with Crippen LogP contribution in [0.5, 0.6) is 5.75 Å². The van der Waals surface area contributed by atoms with E-state index in [2.05, 4.69) is 19.9 Å². The molecule has 0 radical (unpaired) electrons. The van der Waals surface area contributed by atoms with E-state index in [1.165, 1.54) is 5.56 Å². The van der Waals surface area contributed by atoms with Crippen LogP contribution in [0.15, 0.2) is 18.2 Å². The maximum absolute atomic E-state index is 9.28. The minimum Gasteiger partial charge on any atom is -0.508 e. The molecule has 0 spiro atoms. The van der Waals surface area contributed by atoms with E-state index in [1.54, 1.807) is 6.07 Å². The first-order valence-corrected chi connectivity index (χ1v) is 5.38. The lowest BCUT2D eigenvalue weighted by Crippen LogP contribution is -1.93. The van der Waals surface area contributed by atoms with Crippen molar-refractivity contribution in [2.45, 2.75) is 41.0 Å². The molecule has 14 heavy (non-hydrogen) atoms. The largest absolute Gasteiger partial charge is 0.508 e. The van der Waals surface area contributed by atoms with Gasteiger partial charge in [-0.3, -0.25) is 0 Å². The van der Waals surface area contributed by atoms with E-state index < -0.39 is 0 Å². The molecule has 0 unspecified atom stereocenters. The SMILES string of the molecule is CC.Cc1cc(CC(C)C)ccc1O. The minimum atomic E-state index is 0.391. The smallest absolute Gasteiger partial charge is 0.118 e. The van der Waals surface area contributed by atoms with Crippen LogP contribution in [0.1, 0.15) is 38.8 Å². The number of phenols is 1. The van der Waals surface area contributed by atoms with Gasteiger partial charge >= 0.3 is 0 Å². The summed E-state index contributed by atoms with van der Waals surface area (Å²) in [5.41, 5.74) is 2.27. The molecule has 1 heteroatoms. The highest BCUT2D eigenvalue weighted by atomic mass is 16.3. The zero-order chi connectivity index (χ0) is 11.1. The molecule has 0 fully saturated rings. The Bertz CT molecular complexity index is 264. The van der Waals surface area contributed by atoms with Gasteiger partial charge in [0.25, 0.3) is 0 Å². The quantitative estimate of drug-likeness (QED) is 0.756. The Labute approximate surface area is 87.8 Å². The molecular formula is C13H22O. The molecular weight excluding hydrogens is 172 g/mol. The summed E-state index contributed by atoms with van der Waals surface area (Å²) in [4.78, 5) is 0. The van der Waals surface area contributed by atoms with Crippen molar-refractivity contribution in [3.05, 3.63) is 29.3 Å². The molecule has 1 N–H and O–H groups in total. The van der Waals surface area contributed by atoms with Gasteiger partial charge < -0.3 is 5.11 Å². The van der Waals surface area contributed by atoms with Gasteiger partial charge in [-0.25, -0.2) is 0 Å². The Morgan fingerprint density at radius 2 is 1.79 bits per heavy atom. The molecule has 1 rings (SSSR count). The second kappa shape index (κ2) is 6.47. The van der Waals surface area contributed by atoms with Crippen molar-refractivity contribution in [1.29, 1.82) is 0 Å². The van der Waals surface area contributed by atoms with Crippen LogP contribution in [0.25, 0.3) is 0 Å². The van der Waals surface area contributed by atoms with Gasteiger partial charge in [0.05, 0.1) is 0 Å². The third-order valence-electron chi connectivity index (χ3n) is 1.91. The first-order chi connectivity index (χ1) is 6.59. The maximum Gasteiger partial charge on any atom is 0.118 e. The molecule has 0 heterocycles. The van der Waals surface area contributed by atoms with Crippen molar-refractivity contribution < 1.29 is 5.11 Å². The summed E-state index contributed by atoms with van der Waals surface area (Å²) in [5, 5.41) is 9.28. The van der Waals surface area contributed by atoms with E-state index in [4.69, 9.17) is 0 Å². The van der Waals surface area contributed by atoms with Crippen molar-refractivity contribution in [3.63, 3.8) is 0 Å². The summed E-state index contributed by atoms with van der Waals surface area (Å²) in [7, 11) is 0. The van der Waals surface area contributed by atoms with Crippen LogP contribution in [0, 0.1) is 12.8 Å². The summed E-state index contributed by atoms with van der Waals surface area (Å²) in [5.74, 6) is 1.07. The highest BCUT2D eigenvalue weighted by Gasteiger charge is 2.00. The fraction of sp³-hybridized carbons (Fsp3) is 0.538. The molecule has 0 atom stereocenters. The zero-order valence-corrected chi connectivity index (χ0v) is 9.96. The second-order valence-corrected chi connectivity index (χ2v) is 3.72. The zero-order valence-electron chi connectivity index (χ0n) is 9.96. The van der Waals surface area contributed by atoms with Crippen LogP contribution in [-0.2, 0) is 6.42 Å². The van der Waals surface area contributed by atoms with Crippen LogP contribution >= 0.6 is 0 Å². The molecule has 0 saturated heterocycles. The summed E-state index contributed by atoms with van der Waals surface area (Å²) < 4.78 is 0. The van der Waals surface area contributed by atoms with Gasteiger partial charge in [-0.15, -0.1) is 0 Å². The predicted molar refractivity (Wildman–Crippen MR) is 62.7 cm³/mol. The van der Waals surface area contributed by atoms with Crippen LogP contribution in [-0.4, -0.2) is 5.11 Å². The maximum atomic E-state index is 9.28. The summed E-state index contributed by atoms with van der Waals surface area (Å²) in [6, 6.07) is 5.81. The van der Waals surface area contributed by atoms with Gasteiger partial charge in [0.15, 0.2) is 0 Å². The summed E-state index contributed by atoms with van der Waals surface area (Å²) in [6.07, 6.45) is 1.08. The van der Waals surface area contributed by atoms with E-state index in [1.807, 2.05) is 26.8 Å². The molecule has 80 valence electrons. The number of hydrogen-bond donors (Lipinski definition) is 1. The average molecular weight is 194 g/mol. The van der Waals surface area contributed by atoms with E-state index >= 15 is 0 Å². The van der Waals surface area contributed by atoms with Crippen LogP contribution in [0.2, 0.25) is 0 Å². The topological polar surface area (TPSA) is 20.2 Å². The lowest BCUT2D eigenvalue weighted by Gasteiger charge is -2.06. The normalized spacial score (nSPS) is 9.57. The predicted octanol–water partition coefficient (Wildman–Crippen LogP) is 3.93. The van der Waals surface area contributed by atoms with Crippen molar-refractivity contribution in [2.24, 2.45) is 5.92 Å². The fourth-order valence-corrected chi connectivity index (χ4v) is 1.32. The molecule has 0 aliphatic rings. The van der Waals surface area contributed by atoms with Crippen molar-refractivity contribution >= 4 is 0 Å². The Morgan fingerprint density at radius 3 is 2.21 bits per heavy atom. The van der Waals surface area contributed by atoms with E-state index in [-0.39, 0.29) is 0 Å². The van der Waals surface area contributed by atoms with Crippen molar-refractivity contribution in [3.8, 4) is 5.75 Å². The Hall–Kier alpha value is -0.980. The number of hydrogen-bond acceptors (Lipinski definition) is 1. The third kappa shape index (κ3) is 4.31.